The lowest BCUT2D eigenvalue weighted by molar-refractivity contribution is 0.704. The third-order valence-corrected chi connectivity index (χ3v) is 3.30. The van der Waals surface area contributed by atoms with Gasteiger partial charge in [0.15, 0.2) is 0 Å². The number of halogens is 1. The number of hydrogen-bond donors (Lipinski definition) is 0. The Morgan fingerprint density at radius 1 is 1.27 bits per heavy atom. The van der Waals surface area contributed by atoms with Gasteiger partial charge >= 0.3 is 0 Å². The van der Waals surface area contributed by atoms with Crippen LogP contribution in [0.25, 0.3) is 0 Å². The predicted molar refractivity (Wildman–Crippen MR) is 46.1 cm³/mol. The molecule has 60 valence electrons. The van der Waals surface area contributed by atoms with Gasteiger partial charge in [0, 0.05) is 5.92 Å². The number of rotatable bonds is 1. The van der Waals surface area contributed by atoms with E-state index in [1.54, 1.807) is 0 Å². The normalized spacial score (nSPS) is 19.4. The molecule has 2 nitrogen and oxygen atoms in total. The zero-order chi connectivity index (χ0) is 7.68. The fourth-order valence-corrected chi connectivity index (χ4v) is 2.57. The molecule has 0 unspecified atom stereocenters. The van der Waals surface area contributed by atoms with Crippen molar-refractivity contribution in [1.29, 1.82) is 0 Å². The topological polar surface area (TPSA) is 25.8 Å². The smallest absolute Gasteiger partial charge is 0.142 e. The first-order valence-electron chi connectivity index (χ1n) is 3.85. The van der Waals surface area contributed by atoms with E-state index in [4.69, 9.17) is 11.6 Å². The Morgan fingerprint density at radius 2 is 2.00 bits per heavy atom. The summed E-state index contributed by atoms with van der Waals surface area (Å²) in [7, 11) is 0. The van der Waals surface area contributed by atoms with Crippen LogP contribution in [0.15, 0.2) is 0 Å². The van der Waals surface area contributed by atoms with E-state index in [1.807, 2.05) is 0 Å². The molecular weight excluding hydrogens is 180 g/mol. The molecule has 1 aliphatic carbocycles. The van der Waals surface area contributed by atoms with Crippen molar-refractivity contribution in [3.05, 3.63) is 9.47 Å². The van der Waals surface area contributed by atoms with Gasteiger partial charge in [0.25, 0.3) is 0 Å². The standard InChI is InChI=1S/C7H9ClN2S/c8-7-10-9-6(11-7)5-3-1-2-4-5/h5H,1-4H2. The van der Waals surface area contributed by atoms with E-state index in [0.717, 1.165) is 5.01 Å². The summed E-state index contributed by atoms with van der Waals surface area (Å²) >= 11 is 7.21. The predicted octanol–water partition coefficient (Wildman–Crippen LogP) is 2.85. The minimum absolute atomic E-state index is 0.576. The molecule has 0 N–H and O–H groups in total. The van der Waals surface area contributed by atoms with Crippen molar-refractivity contribution in [3.63, 3.8) is 0 Å². The summed E-state index contributed by atoms with van der Waals surface area (Å²) in [6, 6.07) is 0. The summed E-state index contributed by atoms with van der Waals surface area (Å²) in [4.78, 5) is 0. The fraction of sp³-hybridized carbons (Fsp3) is 0.714. The van der Waals surface area contributed by atoms with E-state index >= 15 is 0 Å². The van der Waals surface area contributed by atoms with E-state index in [1.165, 1.54) is 37.0 Å². The second-order valence-electron chi connectivity index (χ2n) is 2.87. The largest absolute Gasteiger partial charge is 0.207 e. The van der Waals surface area contributed by atoms with Crippen molar-refractivity contribution < 1.29 is 0 Å². The van der Waals surface area contributed by atoms with E-state index < -0.39 is 0 Å². The molecule has 0 saturated heterocycles. The Bertz CT molecular complexity index is 242. The van der Waals surface area contributed by atoms with Crippen molar-refractivity contribution in [2.45, 2.75) is 31.6 Å². The van der Waals surface area contributed by atoms with Gasteiger partial charge in [0.2, 0.25) is 4.47 Å². The first-order chi connectivity index (χ1) is 5.36. The summed E-state index contributed by atoms with van der Waals surface area (Å²) in [6.45, 7) is 0. The van der Waals surface area contributed by atoms with Gasteiger partial charge in [0.05, 0.1) is 0 Å². The Balaban J connectivity index is 2.15. The second kappa shape index (κ2) is 3.07. The van der Waals surface area contributed by atoms with Crippen LogP contribution in [0.1, 0.15) is 36.6 Å². The first kappa shape index (κ1) is 7.50. The molecule has 0 bridgehead atoms. The Hall–Kier alpha value is -0.150. The molecular formula is C7H9ClN2S. The lowest BCUT2D eigenvalue weighted by Gasteiger charge is -2.00. The van der Waals surface area contributed by atoms with Crippen molar-refractivity contribution >= 4 is 22.9 Å². The van der Waals surface area contributed by atoms with Crippen molar-refractivity contribution in [2.75, 3.05) is 0 Å². The van der Waals surface area contributed by atoms with Crippen LogP contribution in [0.5, 0.6) is 0 Å². The third kappa shape index (κ3) is 1.54. The van der Waals surface area contributed by atoms with E-state index in [0.29, 0.717) is 10.4 Å². The monoisotopic (exact) mass is 188 g/mol. The van der Waals surface area contributed by atoms with Crippen LogP contribution in [0.2, 0.25) is 4.47 Å². The average molecular weight is 189 g/mol. The van der Waals surface area contributed by atoms with E-state index in [9.17, 15) is 0 Å². The number of hydrogen-bond acceptors (Lipinski definition) is 3. The Morgan fingerprint density at radius 3 is 2.55 bits per heavy atom. The van der Waals surface area contributed by atoms with Crippen molar-refractivity contribution in [1.82, 2.24) is 10.2 Å². The molecule has 0 aromatic carbocycles. The Labute approximate surface area is 74.6 Å². The molecule has 1 heterocycles. The van der Waals surface area contributed by atoms with Crippen LogP contribution in [0, 0.1) is 0 Å². The van der Waals surface area contributed by atoms with Crippen LogP contribution < -0.4 is 0 Å². The molecule has 1 aromatic heterocycles. The van der Waals surface area contributed by atoms with Gasteiger partial charge in [-0.05, 0) is 24.4 Å². The highest BCUT2D eigenvalue weighted by Gasteiger charge is 2.20. The van der Waals surface area contributed by atoms with E-state index in [-0.39, 0.29) is 0 Å². The van der Waals surface area contributed by atoms with Gasteiger partial charge < -0.3 is 0 Å². The molecule has 1 aromatic rings. The molecule has 1 aliphatic rings. The summed E-state index contributed by atoms with van der Waals surface area (Å²) in [5.74, 6) is 0.653. The average Bonchev–Trinajstić information content (AvgIpc) is 2.55. The highest BCUT2D eigenvalue weighted by molar-refractivity contribution is 7.15. The van der Waals surface area contributed by atoms with Crippen LogP contribution >= 0.6 is 22.9 Å². The van der Waals surface area contributed by atoms with Crippen LogP contribution in [-0.2, 0) is 0 Å². The molecule has 0 atom stereocenters. The third-order valence-electron chi connectivity index (χ3n) is 2.12. The minimum Gasteiger partial charge on any atom is -0.142 e. The molecule has 0 amide bonds. The number of nitrogens with zero attached hydrogens (tertiary/aromatic N) is 2. The maximum atomic E-state index is 5.68. The Kier molecular flexibility index (Phi) is 2.09. The lowest BCUT2D eigenvalue weighted by atomic mass is 10.1. The zero-order valence-corrected chi connectivity index (χ0v) is 7.66. The highest BCUT2D eigenvalue weighted by atomic mass is 35.5. The summed E-state index contributed by atoms with van der Waals surface area (Å²) in [5.41, 5.74) is 0. The van der Waals surface area contributed by atoms with Crippen LogP contribution in [-0.4, -0.2) is 10.2 Å². The van der Waals surface area contributed by atoms with Gasteiger partial charge in [0.1, 0.15) is 5.01 Å². The molecule has 1 saturated carbocycles. The van der Waals surface area contributed by atoms with Gasteiger partial charge in [-0.3, -0.25) is 0 Å². The maximum Gasteiger partial charge on any atom is 0.207 e. The van der Waals surface area contributed by atoms with E-state index in [2.05, 4.69) is 10.2 Å². The van der Waals surface area contributed by atoms with Gasteiger partial charge in [-0.25, -0.2) is 0 Å². The molecule has 1 fully saturated rings. The van der Waals surface area contributed by atoms with Gasteiger partial charge in [-0.15, -0.1) is 10.2 Å². The molecule has 4 heteroatoms. The van der Waals surface area contributed by atoms with Crippen molar-refractivity contribution in [2.24, 2.45) is 0 Å². The van der Waals surface area contributed by atoms with Gasteiger partial charge in [-0.1, -0.05) is 24.2 Å². The minimum atomic E-state index is 0.576. The quantitative estimate of drug-likeness (QED) is 0.678. The molecule has 0 radical (unpaired) electrons. The van der Waals surface area contributed by atoms with Gasteiger partial charge in [-0.2, -0.15) is 0 Å². The molecule has 11 heavy (non-hydrogen) atoms. The molecule has 2 rings (SSSR count). The first-order valence-corrected chi connectivity index (χ1v) is 5.04. The number of aromatic nitrogens is 2. The zero-order valence-electron chi connectivity index (χ0n) is 6.09. The fourth-order valence-electron chi connectivity index (χ4n) is 1.55. The van der Waals surface area contributed by atoms with Crippen LogP contribution in [0.4, 0.5) is 0 Å². The molecule has 0 spiro atoms. The second-order valence-corrected chi connectivity index (χ2v) is 4.47. The molecule has 0 aliphatic heterocycles. The SMILES string of the molecule is Clc1nnc(C2CCCC2)s1. The van der Waals surface area contributed by atoms with Crippen molar-refractivity contribution in [3.8, 4) is 0 Å². The van der Waals surface area contributed by atoms with Crippen LogP contribution in [0.3, 0.4) is 0 Å². The summed E-state index contributed by atoms with van der Waals surface area (Å²) in [5, 5.41) is 8.96. The highest BCUT2D eigenvalue weighted by Crippen LogP contribution is 2.36. The lowest BCUT2D eigenvalue weighted by Crippen LogP contribution is -1.89. The summed E-state index contributed by atoms with van der Waals surface area (Å²) < 4.78 is 0.576. The summed E-state index contributed by atoms with van der Waals surface area (Å²) in [6.07, 6.45) is 5.21. The maximum absolute atomic E-state index is 5.68.